The van der Waals surface area contributed by atoms with E-state index in [2.05, 4.69) is 10.3 Å². The van der Waals surface area contributed by atoms with E-state index in [0.29, 0.717) is 17.4 Å². The molecule has 1 saturated heterocycles. The van der Waals surface area contributed by atoms with E-state index in [4.69, 9.17) is 16.3 Å². The molecule has 0 bridgehead atoms. The molecule has 1 aliphatic rings. The number of ether oxygens (including phenoxy) is 1. The van der Waals surface area contributed by atoms with E-state index in [9.17, 15) is 4.79 Å². The zero-order valence-electron chi connectivity index (χ0n) is 9.41. The fraction of sp³-hybridized carbons (Fsp3) is 0.455. The number of hydrogen-bond acceptors (Lipinski definition) is 3. The summed E-state index contributed by atoms with van der Waals surface area (Å²) in [5.74, 6) is -0.0446. The Balaban J connectivity index is 1.86. The molecule has 2 N–H and O–H groups in total. The monoisotopic (exact) mass is 256 g/mol. The number of rotatable bonds is 3. The highest BCUT2D eigenvalue weighted by Gasteiger charge is 2.18. The van der Waals surface area contributed by atoms with Crippen molar-refractivity contribution in [2.45, 2.75) is 0 Å². The van der Waals surface area contributed by atoms with Crippen LogP contribution in [-0.4, -0.2) is 43.7 Å². The summed E-state index contributed by atoms with van der Waals surface area (Å²) in [6.45, 7) is 3.61. The molecule has 92 valence electrons. The van der Waals surface area contributed by atoms with Crippen LogP contribution in [0.5, 0.6) is 0 Å². The van der Waals surface area contributed by atoms with Gasteiger partial charge in [-0.25, -0.2) is 4.98 Å². The molecule has 0 saturated carbocycles. The molecular weight excluding hydrogens is 242 g/mol. The number of anilines is 1. The van der Waals surface area contributed by atoms with Gasteiger partial charge in [0.15, 0.2) is 11.7 Å². The number of carbonyl (C=O) groups is 1. The summed E-state index contributed by atoms with van der Waals surface area (Å²) >= 11 is 5.86. The fourth-order valence-electron chi connectivity index (χ4n) is 1.74. The third-order valence-corrected chi connectivity index (χ3v) is 2.94. The number of halogens is 1. The van der Waals surface area contributed by atoms with Crippen molar-refractivity contribution in [2.24, 2.45) is 0 Å². The first-order valence-electron chi connectivity index (χ1n) is 5.57. The Morgan fingerprint density at radius 3 is 3.00 bits per heavy atom. The Kier molecular flexibility index (Phi) is 4.30. The molecule has 0 aliphatic carbocycles. The number of nitrogens with zero attached hydrogens (tertiary/aromatic N) is 1. The topological polar surface area (TPSA) is 55.7 Å². The van der Waals surface area contributed by atoms with Crippen LogP contribution < -0.4 is 10.2 Å². The average molecular weight is 257 g/mol. The molecule has 1 aromatic rings. The van der Waals surface area contributed by atoms with Gasteiger partial charge in [0.25, 0.3) is 5.91 Å². The van der Waals surface area contributed by atoms with Crippen molar-refractivity contribution < 1.29 is 14.4 Å². The zero-order valence-corrected chi connectivity index (χ0v) is 10.2. The molecule has 0 spiro atoms. The maximum atomic E-state index is 11.8. The van der Waals surface area contributed by atoms with Crippen LogP contribution in [0.25, 0.3) is 0 Å². The Hall–Kier alpha value is -1.17. The van der Waals surface area contributed by atoms with E-state index in [1.165, 1.54) is 4.90 Å². The molecule has 2 rings (SSSR count). The Bertz CT molecular complexity index is 394. The molecule has 1 fully saturated rings. The molecule has 0 unspecified atom stereocenters. The number of carbonyl (C=O) groups excluding carboxylic acids is 1. The summed E-state index contributed by atoms with van der Waals surface area (Å²) in [7, 11) is 0. The molecule has 5 nitrogen and oxygen atoms in total. The Labute approximate surface area is 105 Å². The number of nitrogens with one attached hydrogen (secondary N) is 2. The maximum Gasteiger partial charge on any atom is 0.279 e. The number of morpholine rings is 1. The van der Waals surface area contributed by atoms with Gasteiger partial charge >= 0.3 is 0 Å². The predicted molar refractivity (Wildman–Crippen MR) is 64.3 cm³/mol. The molecule has 2 heterocycles. The van der Waals surface area contributed by atoms with Crippen molar-refractivity contribution in [3.05, 3.63) is 23.5 Å². The first kappa shape index (κ1) is 12.3. The van der Waals surface area contributed by atoms with Crippen molar-refractivity contribution in [1.82, 2.24) is 4.98 Å². The Morgan fingerprint density at radius 2 is 2.29 bits per heavy atom. The lowest BCUT2D eigenvalue weighted by atomic mass is 10.3. The van der Waals surface area contributed by atoms with Gasteiger partial charge in [0.2, 0.25) is 0 Å². The quantitative estimate of drug-likeness (QED) is 0.723. The molecule has 6 heteroatoms. The van der Waals surface area contributed by atoms with Gasteiger partial charge in [-0.05, 0) is 12.1 Å². The second kappa shape index (κ2) is 5.95. The van der Waals surface area contributed by atoms with Crippen LogP contribution in [-0.2, 0) is 9.53 Å². The van der Waals surface area contributed by atoms with Gasteiger partial charge in [0.1, 0.15) is 13.1 Å². The van der Waals surface area contributed by atoms with Gasteiger partial charge in [0, 0.05) is 6.20 Å². The van der Waals surface area contributed by atoms with Crippen molar-refractivity contribution in [3.63, 3.8) is 0 Å². The average Bonchev–Trinajstić information content (AvgIpc) is 2.33. The van der Waals surface area contributed by atoms with E-state index in [-0.39, 0.29) is 5.91 Å². The molecule has 0 radical (unpaired) electrons. The van der Waals surface area contributed by atoms with E-state index in [1.54, 1.807) is 18.3 Å². The minimum Gasteiger partial charge on any atom is -0.370 e. The van der Waals surface area contributed by atoms with Crippen molar-refractivity contribution in [2.75, 3.05) is 38.2 Å². The van der Waals surface area contributed by atoms with E-state index in [1.807, 2.05) is 0 Å². The summed E-state index contributed by atoms with van der Waals surface area (Å²) in [5, 5.41) is 3.08. The van der Waals surface area contributed by atoms with Gasteiger partial charge in [0.05, 0.1) is 18.9 Å². The minimum atomic E-state index is -0.0446. The first-order valence-corrected chi connectivity index (χ1v) is 5.95. The molecule has 1 amide bonds. The van der Waals surface area contributed by atoms with Gasteiger partial charge in [-0.3, -0.25) is 4.79 Å². The molecular formula is C11H15ClN3O2+. The third kappa shape index (κ3) is 3.66. The lowest BCUT2D eigenvalue weighted by Gasteiger charge is -2.23. The van der Waals surface area contributed by atoms with Crippen LogP contribution in [0.4, 0.5) is 5.69 Å². The summed E-state index contributed by atoms with van der Waals surface area (Å²) in [6.07, 6.45) is 1.59. The summed E-state index contributed by atoms with van der Waals surface area (Å²) in [5.41, 5.74) is 0.562. The summed E-state index contributed by atoms with van der Waals surface area (Å²) in [4.78, 5) is 16.9. The van der Waals surface area contributed by atoms with Crippen molar-refractivity contribution >= 4 is 23.2 Å². The SMILES string of the molecule is O=C(C[NH+]1CCOCC1)Nc1cccnc1Cl. The molecule has 1 aliphatic heterocycles. The molecule has 17 heavy (non-hydrogen) atoms. The van der Waals surface area contributed by atoms with Crippen LogP contribution in [0.15, 0.2) is 18.3 Å². The van der Waals surface area contributed by atoms with Crippen LogP contribution in [0.2, 0.25) is 5.15 Å². The number of aromatic nitrogens is 1. The number of hydrogen-bond donors (Lipinski definition) is 2. The molecule has 1 aromatic heterocycles. The zero-order chi connectivity index (χ0) is 12.1. The van der Waals surface area contributed by atoms with Gasteiger partial charge in [-0.2, -0.15) is 0 Å². The highest BCUT2D eigenvalue weighted by molar-refractivity contribution is 6.32. The standard InChI is InChI=1S/C11H14ClN3O2/c12-11-9(2-1-3-13-11)14-10(16)8-15-4-6-17-7-5-15/h1-3H,4-8H2,(H,14,16)/p+1. The van der Waals surface area contributed by atoms with Crippen LogP contribution in [0, 0.1) is 0 Å². The van der Waals surface area contributed by atoms with Crippen LogP contribution >= 0.6 is 11.6 Å². The largest absolute Gasteiger partial charge is 0.370 e. The number of quaternary nitrogens is 1. The smallest absolute Gasteiger partial charge is 0.279 e. The van der Waals surface area contributed by atoms with Crippen molar-refractivity contribution in [3.8, 4) is 0 Å². The van der Waals surface area contributed by atoms with E-state index in [0.717, 1.165) is 26.3 Å². The van der Waals surface area contributed by atoms with E-state index >= 15 is 0 Å². The Morgan fingerprint density at radius 1 is 1.53 bits per heavy atom. The molecule has 0 aromatic carbocycles. The predicted octanol–water partition coefficient (Wildman–Crippen LogP) is -0.411. The summed E-state index contributed by atoms with van der Waals surface area (Å²) < 4.78 is 5.24. The third-order valence-electron chi connectivity index (χ3n) is 2.64. The first-order chi connectivity index (χ1) is 8.25. The van der Waals surface area contributed by atoms with Crippen molar-refractivity contribution in [1.29, 1.82) is 0 Å². The normalized spacial score (nSPS) is 16.8. The second-order valence-electron chi connectivity index (χ2n) is 3.93. The van der Waals surface area contributed by atoms with Gasteiger partial charge < -0.3 is 15.0 Å². The molecule has 0 atom stereocenters. The second-order valence-corrected chi connectivity index (χ2v) is 4.29. The van der Waals surface area contributed by atoms with Crippen LogP contribution in [0.1, 0.15) is 0 Å². The number of amides is 1. The highest BCUT2D eigenvalue weighted by Crippen LogP contribution is 2.16. The highest BCUT2D eigenvalue weighted by atomic mass is 35.5. The van der Waals surface area contributed by atoms with Gasteiger partial charge in [-0.15, -0.1) is 0 Å². The van der Waals surface area contributed by atoms with Gasteiger partial charge in [-0.1, -0.05) is 11.6 Å². The summed E-state index contributed by atoms with van der Waals surface area (Å²) in [6, 6.07) is 3.48. The lowest BCUT2D eigenvalue weighted by molar-refractivity contribution is -0.899. The van der Waals surface area contributed by atoms with E-state index < -0.39 is 0 Å². The minimum absolute atomic E-state index is 0.0446. The fourth-order valence-corrected chi connectivity index (χ4v) is 1.90. The van der Waals surface area contributed by atoms with Crippen LogP contribution in [0.3, 0.4) is 0 Å². The number of pyridine rings is 1. The maximum absolute atomic E-state index is 11.8. The lowest BCUT2D eigenvalue weighted by Crippen LogP contribution is -3.15.